The summed E-state index contributed by atoms with van der Waals surface area (Å²) in [6.45, 7) is 4.14. The lowest BCUT2D eigenvalue weighted by Gasteiger charge is -2.26. The van der Waals surface area contributed by atoms with Gasteiger partial charge < -0.3 is 19.5 Å². The van der Waals surface area contributed by atoms with Crippen LogP contribution in [0.4, 0.5) is 0 Å². The molecule has 3 rings (SSSR count). The minimum absolute atomic E-state index is 0.139. The number of hydrogen-bond acceptors (Lipinski definition) is 4. The minimum atomic E-state index is 0.139. The normalized spacial score (nSPS) is 28.0. The Morgan fingerprint density at radius 1 is 1.26 bits per heavy atom. The van der Waals surface area contributed by atoms with Gasteiger partial charge in [0.05, 0.1) is 19.3 Å². The molecule has 0 radical (unpaired) electrons. The van der Waals surface area contributed by atoms with Crippen LogP contribution in [0.1, 0.15) is 24.5 Å². The predicted molar refractivity (Wildman–Crippen MR) is 72.5 cm³/mol. The van der Waals surface area contributed by atoms with Crippen molar-refractivity contribution < 1.29 is 14.2 Å². The SMILES string of the molecule is c1cc(OC2CCCOC2)cc(C2CNCCO2)c1. The van der Waals surface area contributed by atoms with Crippen LogP contribution >= 0.6 is 0 Å². The molecule has 0 spiro atoms. The molecule has 104 valence electrons. The monoisotopic (exact) mass is 263 g/mol. The first-order valence-electron chi connectivity index (χ1n) is 7.08. The van der Waals surface area contributed by atoms with Gasteiger partial charge in [-0.15, -0.1) is 0 Å². The average Bonchev–Trinajstić information content (AvgIpc) is 2.49. The van der Waals surface area contributed by atoms with E-state index in [4.69, 9.17) is 14.2 Å². The lowest BCUT2D eigenvalue weighted by molar-refractivity contribution is 0.00679. The number of morpholine rings is 1. The molecule has 2 aliphatic rings. The van der Waals surface area contributed by atoms with E-state index in [-0.39, 0.29) is 12.2 Å². The maximum atomic E-state index is 5.99. The summed E-state index contributed by atoms with van der Waals surface area (Å²) in [4.78, 5) is 0. The molecule has 2 fully saturated rings. The third-order valence-corrected chi connectivity index (χ3v) is 3.58. The van der Waals surface area contributed by atoms with Crippen LogP contribution < -0.4 is 10.1 Å². The summed E-state index contributed by atoms with van der Waals surface area (Å²) in [5.41, 5.74) is 1.18. The zero-order valence-electron chi connectivity index (χ0n) is 11.1. The fourth-order valence-electron chi connectivity index (χ4n) is 2.56. The van der Waals surface area contributed by atoms with Crippen molar-refractivity contribution >= 4 is 0 Å². The van der Waals surface area contributed by atoms with Gasteiger partial charge in [0.2, 0.25) is 0 Å². The number of benzene rings is 1. The fraction of sp³-hybridized carbons (Fsp3) is 0.600. The van der Waals surface area contributed by atoms with Gasteiger partial charge in [0.1, 0.15) is 11.9 Å². The molecule has 0 aliphatic carbocycles. The smallest absolute Gasteiger partial charge is 0.122 e. The van der Waals surface area contributed by atoms with Crippen molar-refractivity contribution in [3.63, 3.8) is 0 Å². The third-order valence-electron chi connectivity index (χ3n) is 3.58. The molecule has 2 aliphatic heterocycles. The van der Waals surface area contributed by atoms with E-state index < -0.39 is 0 Å². The van der Waals surface area contributed by atoms with Crippen LogP contribution in [0, 0.1) is 0 Å². The van der Waals surface area contributed by atoms with Crippen molar-refractivity contribution in [2.24, 2.45) is 0 Å². The summed E-state index contributed by atoms with van der Waals surface area (Å²) in [6.07, 6.45) is 2.49. The summed E-state index contributed by atoms with van der Waals surface area (Å²) in [5, 5.41) is 3.35. The summed E-state index contributed by atoms with van der Waals surface area (Å²) in [6, 6.07) is 8.23. The topological polar surface area (TPSA) is 39.7 Å². The number of ether oxygens (including phenoxy) is 3. The summed E-state index contributed by atoms with van der Waals surface area (Å²) in [5.74, 6) is 0.919. The van der Waals surface area contributed by atoms with Gasteiger partial charge in [0.15, 0.2) is 0 Å². The van der Waals surface area contributed by atoms with E-state index in [2.05, 4.69) is 17.4 Å². The molecule has 4 heteroatoms. The van der Waals surface area contributed by atoms with Crippen LogP contribution in [-0.2, 0) is 9.47 Å². The maximum Gasteiger partial charge on any atom is 0.122 e. The Morgan fingerprint density at radius 3 is 3.05 bits per heavy atom. The van der Waals surface area contributed by atoms with Crippen LogP contribution in [0.15, 0.2) is 24.3 Å². The van der Waals surface area contributed by atoms with Gasteiger partial charge in [-0.2, -0.15) is 0 Å². The Balaban J connectivity index is 1.64. The molecule has 0 aromatic heterocycles. The molecule has 1 aromatic carbocycles. The van der Waals surface area contributed by atoms with Gasteiger partial charge in [-0.3, -0.25) is 0 Å². The number of hydrogen-bond donors (Lipinski definition) is 1. The Bertz CT molecular complexity index is 398. The highest BCUT2D eigenvalue weighted by Crippen LogP contribution is 2.24. The average molecular weight is 263 g/mol. The van der Waals surface area contributed by atoms with Crippen LogP contribution in [0.25, 0.3) is 0 Å². The Labute approximate surface area is 114 Å². The van der Waals surface area contributed by atoms with E-state index in [0.717, 1.165) is 44.9 Å². The molecule has 1 aromatic rings. The first-order valence-corrected chi connectivity index (χ1v) is 7.08. The Morgan fingerprint density at radius 2 is 2.26 bits per heavy atom. The molecule has 2 saturated heterocycles. The summed E-state index contributed by atoms with van der Waals surface area (Å²) < 4.78 is 17.2. The maximum absolute atomic E-state index is 5.99. The second-order valence-electron chi connectivity index (χ2n) is 5.09. The largest absolute Gasteiger partial charge is 0.488 e. The summed E-state index contributed by atoms with van der Waals surface area (Å²) in [7, 11) is 0. The van der Waals surface area contributed by atoms with Gasteiger partial charge in [-0.25, -0.2) is 0 Å². The Hall–Kier alpha value is -1.10. The highest BCUT2D eigenvalue weighted by atomic mass is 16.5. The van der Waals surface area contributed by atoms with Crippen molar-refractivity contribution in [2.45, 2.75) is 25.0 Å². The first-order chi connectivity index (χ1) is 9.42. The number of rotatable bonds is 3. The van der Waals surface area contributed by atoms with E-state index in [0.29, 0.717) is 6.61 Å². The lowest BCUT2D eigenvalue weighted by Crippen LogP contribution is -2.33. The van der Waals surface area contributed by atoms with Crippen molar-refractivity contribution in [2.75, 3.05) is 32.9 Å². The standard InChI is InChI=1S/C15H21NO3/c1-3-12(15-10-16-6-8-18-15)9-13(4-1)19-14-5-2-7-17-11-14/h1,3-4,9,14-16H,2,5-8,10-11H2. The highest BCUT2D eigenvalue weighted by Gasteiger charge is 2.18. The predicted octanol–water partition coefficient (Wildman–Crippen LogP) is 1.91. The molecule has 0 bridgehead atoms. The van der Waals surface area contributed by atoms with Gasteiger partial charge in [-0.1, -0.05) is 12.1 Å². The molecule has 2 unspecified atom stereocenters. The second kappa shape index (κ2) is 6.37. The minimum Gasteiger partial charge on any atom is -0.488 e. The quantitative estimate of drug-likeness (QED) is 0.904. The van der Waals surface area contributed by atoms with Crippen LogP contribution in [0.2, 0.25) is 0 Å². The van der Waals surface area contributed by atoms with Crippen molar-refractivity contribution in [3.05, 3.63) is 29.8 Å². The number of nitrogens with one attached hydrogen (secondary N) is 1. The van der Waals surface area contributed by atoms with Crippen molar-refractivity contribution in [1.29, 1.82) is 0 Å². The van der Waals surface area contributed by atoms with E-state index in [1.807, 2.05) is 12.1 Å². The third kappa shape index (κ3) is 3.47. The highest BCUT2D eigenvalue weighted by molar-refractivity contribution is 5.30. The zero-order chi connectivity index (χ0) is 12.9. The molecular weight excluding hydrogens is 242 g/mol. The van der Waals surface area contributed by atoms with Gasteiger partial charge in [0, 0.05) is 19.7 Å². The van der Waals surface area contributed by atoms with Gasteiger partial charge >= 0.3 is 0 Å². The van der Waals surface area contributed by atoms with E-state index in [9.17, 15) is 0 Å². The molecular formula is C15H21NO3. The lowest BCUT2D eigenvalue weighted by atomic mass is 10.1. The second-order valence-corrected chi connectivity index (χ2v) is 5.09. The van der Waals surface area contributed by atoms with Crippen LogP contribution in [-0.4, -0.2) is 39.0 Å². The Kier molecular flexibility index (Phi) is 4.33. The van der Waals surface area contributed by atoms with Crippen molar-refractivity contribution in [1.82, 2.24) is 5.32 Å². The fourth-order valence-corrected chi connectivity index (χ4v) is 2.56. The van der Waals surface area contributed by atoms with Crippen molar-refractivity contribution in [3.8, 4) is 5.75 Å². The molecule has 0 saturated carbocycles. The van der Waals surface area contributed by atoms with Gasteiger partial charge in [0.25, 0.3) is 0 Å². The van der Waals surface area contributed by atoms with Crippen LogP contribution in [0.5, 0.6) is 5.75 Å². The molecule has 0 amide bonds. The summed E-state index contributed by atoms with van der Waals surface area (Å²) >= 11 is 0. The van der Waals surface area contributed by atoms with E-state index >= 15 is 0 Å². The first kappa shape index (κ1) is 12.9. The van der Waals surface area contributed by atoms with Crippen LogP contribution in [0.3, 0.4) is 0 Å². The molecule has 19 heavy (non-hydrogen) atoms. The molecule has 4 nitrogen and oxygen atoms in total. The van der Waals surface area contributed by atoms with E-state index in [1.54, 1.807) is 0 Å². The van der Waals surface area contributed by atoms with E-state index in [1.165, 1.54) is 5.56 Å². The van der Waals surface area contributed by atoms with Gasteiger partial charge in [-0.05, 0) is 30.5 Å². The molecule has 2 heterocycles. The molecule has 2 atom stereocenters. The zero-order valence-corrected chi connectivity index (χ0v) is 11.1. The molecule has 1 N–H and O–H groups in total.